The number of aromatic nitrogens is 2. The van der Waals surface area contributed by atoms with Crippen LogP contribution in [0.2, 0.25) is 5.02 Å². The fraction of sp³-hybridized carbons (Fsp3) is 0.258. The summed E-state index contributed by atoms with van der Waals surface area (Å²) in [6.07, 6.45) is -1.65. The summed E-state index contributed by atoms with van der Waals surface area (Å²) in [6.45, 7) is 9.03. The van der Waals surface area contributed by atoms with E-state index in [0.717, 1.165) is 5.56 Å². The zero-order valence-electron chi connectivity index (χ0n) is 22.2. The molecule has 1 amide bonds. The van der Waals surface area contributed by atoms with Crippen molar-refractivity contribution < 1.29 is 18.0 Å². The van der Waals surface area contributed by atoms with E-state index >= 15 is 0 Å². The second-order valence-corrected chi connectivity index (χ2v) is 10.4. The zero-order valence-corrected chi connectivity index (χ0v) is 22.9. The van der Waals surface area contributed by atoms with Crippen LogP contribution in [0.5, 0.6) is 0 Å². The molecule has 40 heavy (non-hydrogen) atoms. The summed E-state index contributed by atoms with van der Waals surface area (Å²) in [7, 11) is 0. The third-order valence-corrected chi connectivity index (χ3v) is 7.48. The number of fused-ring (bicyclic) bond motifs is 1. The summed E-state index contributed by atoms with van der Waals surface area (Å²) in [4.78, 5) is 24.9. The van der Waals surface area contributed by atoms with E-state index in [0.29, 0.717) is 42.9 Å². The van der Waals surface area contributed by atoms with Crippen LogP contribution >= 0.6 is 11.6 Å². The minimum Gasteiger partial charge on any atom is -0.352 e. The Bertz CT molecular complexity index is 1600. The molecule has 4 aromatic rings. The number of anilines is 1. The van der Waals surface area contributed by atoms with Gasteiger partial charge in [0.25, 0.3) is 6.43 Å². The molecule has 0 spiro atoms. The number of carbonyl (C=O) groups excluding carboxylic acids is 1. The van der Waals surface area contributed by atoms with Crippen LogP contribution in [0.4, 0.5) is 19.0 Å². The highest BCUT2D eigenvalue weighted by Crippen LogP contribution is 2.44. The van der Waals surface area contributed by atoms with E-state index in [2.05, 4.69) is 11.6 Å². The number of alkyl halides is 2. The third kappa shape index (κ3) is 5.04. The standard InChI is InChI=1S/C31H28ClF3N4O/c1-4-25(40)38-13-15-39(16-14-38)31-22-17-23(32)27(21-11-7-8-12-24(21)33)36-28(22)26(29(37-31)30(34)35)20-10-6-5-9-19(20)18(2)3/h4-12,17-18,30H,1,13-16H2,2-3H3. The first-order valence-electron chi connectivity index (χ1n) is 13.0. The number of rotatable bonds is 6. The van der Waals surface area contributed by atoms with Gasteiger partial charge in [0.05, 0.1) is 16.2 Å². The van der Waals surface area contributed by atoms with Gasteiger partial charge in [0.2, 0.25) is 5.91 Å². The number of benzene rings is 2. The Morgan fingerprint density at radius 3 is 2.27 bits per heavy atom. The number of pyridine rings is 2. The fourth-order valence-electron chi connectivity index (χ4n) is 5.20. The van der Waals surface area contributed by atoms with E-state index in [1.807, 2.05) is 30.9 Å². The van der Waals surface area contributed by atoms with E-state index in [9.17, 15) is 18.0 Å². The Morgan fingerprint density at radius 1 is 1.00 bits per heavy atom. The molecule has 206 valence electrons. The maximum absolute atomic E-state index is 14.9. The summed E-state index contributed by atoms with van der Waals surface area (Å²) in [5.74, 6) is -0.376. The van der Waals surface area contributed by atoms with Crippen LogP contribution in [0, 0.1) is 5.82 Å². The number of nitrogens with zero attached hydrogens (tertiary/aromatic N) is 4. The average molecular weight is 565 g/mol. The minimum atomic E-state index is -2.91. The number of hydrogen-bond donors (Lipinski definition) is 0. The first-order valence-corrected chi connectivity index (χ1v) is 13.4. The van der Waals surface area contributed by atoms with E-state index in [4.69, 9.17) is 16.6 Å². The van der Waals surface area contributed by atoms with Crippen molar-refractivity contribution >= 4 is 34.2 Å². The molecule has 0 atom stereocenters. The van der Waals surface area contributed by atoms with Crippen molar-refractivity contribution in [2.75, 3.05) is 31.1 Å². The Morgan fingerprint density at radius 2 is 1.65 bits per heavy atom. The molecule has 0 saturated carbocycles. The Kier molecular flexibility index (Phi) is 7.81. The van der Waals surface area contributed by atoms with Gasteiger partial charge in [-0.1, -0.05) is 68.4 Å². The number of halogens is 4. The van der Waals surface area contributed by atoms with Crippen LogP contribution in [0.1, 0.15) is 37.4 Å². The van der Waals surface area contributed by atoms with E-state index in [1.165, 1.54) is 12.1 Å². The minimum absolute atomic E-state index is 0.0327. The van der Waals surface area contributed by atoms with Gasteiger partial charge in [-0.05, 0) is 41.3 Å². The highest BCUT2D eigenvalue weighted by Gasteiger charge is 2.29. The van der Waals surface area contributed by atoms with Crippen LogP contribution in [-0.4, -0.2) is 47.0 Å². The molecule has 0 aliphatic carbocycles. The molecule has 3 heterocycles. The van der Waals surface area contributed by atoms with Crippen molar-refractivity contribution in [2.45, 2.75) is 26.2 Å². The monoisotopic (exact) mass is 564 g/mol. The zero-order chi connectivity index (χ0) is 28.6. The van der Waals surface area contributed by atoms with Gasteiger partial charge in [0.1, 0.15) is 17.3 Å². The van der Waals surface area contributed by atoms with Crippen LogP contribution in [0.15, 0.2) is 67.3 Å². The smallest absolute Gasteiger partial charge is 0.281 e. The van der Waals surface area contributed by atoms with Gasteiger partial charge in [-0.3, -0.25) is 4.79 Å². The maximum atomic E-state index is 14.9. The molecule has 1 fully saturated rings. The molecule has 0 N–H and O–H groups in total. The average Bonchev–Trinajstić information content (AvgIpc) is 2.96. The second-order valence-electron chi connectivity index (χ2n) is 9.95. The van der Waals surface area contributed by atoms with Gasteiger partial charge in [-0.25, -0.2) is 23.1 Å². The van der Waals surface area contributed by atoms with Crippen molar-refractivity contribution in [3.05, 3.63) is 89.3 Å². The first-order chi connectivity index (χ1) is 19.2. The Hall–Kier alpha value is -3.91. The fourth-order valence-corrected chi connectivity index (χ4v) is 5.46. The van der Waals surface area contributed by atoms with Crippen molar-refractivity contribution in [3.63, 3.8) is 0 Å². The molecular formula is C31H28ClF3N4O. The molecule has 9 heteroatoms. The number of piperazine rings is 1. The quantitative estimate of drug-likeness (QED) is 0.226. The highest BCUT2D eigenvalue weighted by molar-refractivity contribution is 6.34. The summed E-state index contributed by atoms with van der Waals surface area (Å²) >= 11 is 6.70. The number of amides is 1. The lowest BCUT2D eigenvalue weighted by Crippen LogP contribution is -2.48. The van der Waals surface area contributed by atoms with Gasteiger partial charge >= 0.3 is 0 Å². The van der Waals surface area contributed by atoms with Gasteiger partial charge < -0.3 is 9.80 Å². The summed E-state index contributed by atoms with van der Waals surface area (Å²) < 4.78 is 44.6. The lowest BCUT2D eigenvalue weighted by atomic mass is 9.90. The van der Waals surface area contributed by atoms with Crippen molar-refractivity contribution in [3.8, 4) is 22.4 Å². The molecule has 0 bridgehead atoms. The molecule has 1 aliphatic heterocycles. The molecule has 0 unspecified atom stereocenters. The topological polar surface area (TPSA) is 49.3 Å². The van der Waals surface area contributed by atoms with Crippen LogP contribution in [0.3, 0.4) is 0 Å². The van der Waals surface area contributed by atoms with Crippen LogP contribution in [0.25, 0.3) is 33.3 Å². The Balaban J connectivity index is 1.81. The SMILES string of the molecule is C=CC(=O)N1CCN(c2nc(C(F)F)c(-c3ccccc3C(C)C)c3nc(-c4ccccc4F)c(Cl)cc23)CC1. The molecule has 2 aromatic carbocycles. The molecule has 0 radical (unpaired) electrons. The first kappa shape index (κ1) is 27.6. The largest absolute Gasteiger partial charge is 0.352 e. The van der Waals surface area contributed by atoms with Crippen molar-refractivity contribution in [1.29, 1.82) is 0 Å². The van der Waals surface area contributed by atoms with E-state index < -0.39 is 17.9 Å². The van der Waals surface area contributed by atoms with Gasteiger partial charge in [0, 0.05) is 42.7 Å². The summed E-state index contributed by atoms with van der Waals surface area (Å²) in [5, 5.41) is 0.653. The lowest BCUT2D eigenvalue weighted by Gasteiger charge is -2.36. The predicted molar refractivity (Wildman–Crippen MR) is 153 cm³/mol. The lowest BCUT2D eigenvalue weighted by molar-refractivity contribution is -0.126. The van der Waals surface area contributed by atoms with E-state index in [1.54, 1.807) is 41.3 Å². The normalized spacial score (nSPS) is 13.9. The predicted octanol–water partition coefficient (Wildman–Crippen LogP) is 7.65. The molecule has 1 saturated heterocycles. The summed E-state index contributed by atoms with van der Waals surface area (Å²) in [6, 6.07) is 15.1. The van der Waals surface area contributed by atoms with Gasteiger partial charge in [0.15, 0.2) is 0 Å². The molecule has 1 aliphatic rings. The van der Waals surface area contributed by atoms with E-state index in [-0.39, 0.29) is 39.2 Å². The molecular weight excluding hydrogens is 537 g/mol. The third-order valence-electron chi connectivity index (χ3n) is 7.19. The Labute approximate surface area is 235 Å². The van der Waals surface area contributed by atoms with Crippen LogP contribution < -0.4 is 4.90 Å². The molecule has 2 aromatic heterocycles. The second kappa shape index (κ2) is 11.3. The molecule has 5 nitrogen and oxygen atoms in total. The molecule has 5 rings (SSSR count). The highest BCUT2D eigenvalue weighted by atomic mass is 35.5. The van der Waals surface area contributed by atoms with Gasteiger partial charge in [-0.2, -0.15) is 0 Å². The summed E-state index contributed by atoms with van der Waals surface area (Å²) in [5.41, 5.74) is 1.84. The van der Waals surface area contributed by atoms with Crippen molar-refractivity contribution in [2.24, 2.45) is 0 Å². The van der Waals surface area contributed by atoms with Crippen LogP contribution in [-0.2, 0) is 4.79 Å². The number of carbonyl (C=O) groups is 1. The number of hydrogen-bond acceptors (Lipinski definition) is 4. The van der Waals surface area contributed by atoms with Gasteiger partial charge in [-0.15, -0.1) is 0 Å². The van der Waals surface area contributed by atoms with Crippen molar-refractivity contribution in [1.82, 2.24) is 14.9 Å². The maximum Gasteiger partial charge on any atom is 0.281 e.